The Morgan fingerprint density at radius 3 is 2.53 bits per heavy atom. The second-order valence-electron chi connectivity index (χ2n) is 6.09. The molecule has 17 heavy (non-hydrogen) atoms. The lowest BCUT2D eigenvalue weighted by atomic mass is 9.86. The Morgan fingerprint density at radius 2 is 2.06 bits per heavy atom. The summed E-state index contributed by atoms with van der Waals surface area (Å²) < 4.78 is 0. The second-order valence-corrected chi connectivity index (χ2v) is 6.09. The van der Waals surface area contributed by atoms with Gasteiger partial charge in [-0.05, 0) is 57.2 Å². The third kappa shape index (κ3) is 4.09. The Labute approximate surface area is 111 Å². The van der Waals surface area contributed by atoms with Gasteiger partial charge in [-0.25, -0.2) is 0 Å². The molecule has 0 aliphatic carbocycles. The van der Waals surface area contributed by atoms with Crippen LogP contribution in [0, 0.1) is 11.3 Å². The van der Waals surface area contributed by atoms with Crippen molar-refractivity contribution in [3.8, 4) is 0 Å². The van der Waals surface area contributed by atoms with Gasteiger partial charge in [0.05, 0.1) is 6.10 Å². The third-order valence-electron chi connectivity index (χ3n) is 4.38. The number of nitrogens with zero attached hydrogens (tertiary/aromatic N) is 1. The van der Waals surface area contributed by atoms with Crippen molar-refractivity contribution >= 4 is 12.4 Å². The van der Waals surface area contributed by atoms with E-state index in [9.17, 15) is 5.11 Å². The second kappa shape index (κ2) is 6.37. The van der Waals surface area contributed by atoms with Gasteiger partial charge in [-0.3, -0.25) is 0 Å². The molecule has 0 bridgehead atoms. The lowest BCUT2D eigenvalue weighted by Crippen LogP contribution is -2.43. The molecule has 2 rings (SSSR count). The third-order valence-corrected chi connectivity index (χ3v) is 4.38. The normalized spacial score (nSPS) is 33.4. The van der Waals surface area contributed by atoms with E-state index in [1.807, 2.05) is 6.92 Å². The van der Waals surface area contributed by atoms with E-state index in [0.29, 0.717) is 11.3 Å². The standard InChI is InChI=1S/C13H26N2O.ClH/c1-11(16)12-3-7-15(8-4-12)10-13(2)5-6-14-9-13;/h11-12,14,16H,3-10H2,1-2H3;1H. The number of nitrogens with one attached hydrogen (secondary N) is 1. The molecule has 2 aliphatic heterocycles. The lowest BCUT2D eigenvalue weighted by molar-refractivity contribution is 0.0583. The van der Waals surface area contributed by atoms with Gasteiger partial charge in [-0.2, -0.15) is 0 Å². The Kier molecular flexibility index (Phi) is 5.71. The van der Waals surface area contributed by atoms with Crippen LogP contribution in [0.4, 0.5) is 0 Å². The van der Waals surface area contributed by atoms with Crippen LogP contribution in [-0.2, 0) is 0 Å². The number of hydrogen-bond donors (Lipinski definition) is 2. The number of rotatable bonds is 3. The summed E-state index contributed by atoms with van der Waals surface area (Å²) in [4.78, 5) is 2.59. The largest absolute Gasteiger partial charge is 0.393 e. The molecular formula is C13H27ClN2O. The summed E-state index contributed by atoms with van der Waals surface area (Å²) in [6.45, 7) is 10.3. The number of aliphatic hydroxyl groups is 1. The summed E-state index contributed by atoms with van der Waals surface area (Å²) in [5.74, 6) is 0.533. The maximum Gasteiger partial charge on any atom is 0.0541 e. The van der Waals surface area contributed by atoms with Crippen LogP contribution < -0.4 is 5.32 Å². The topological polar surface area (TPSA) is 35.5 Å². The number of hydrogen-bond acceptors (Lipinski definition) is 3. The number of aliphatic hydroxyl groups excluding tert-OH is 1. The Morgan fingerprint density at radius 1 is 1.41 bits per heavy atom. The van der Waals surface area contributed by atoms with E-state index in [4.69, 9.17) is 0 Å². The molecule has 2 heterocycles. The average Bonchev–Trinajstić information content (AvgIpc) is 2.65. The van der Waals surface area contributed by atoms with Crippen LogP contribution >= 0.6 is 12.4 Å². The number of likely N-dealkylation sites (tertiary alicyclic amines) is 1. The van der Waals surface area contributed by atoms with E-state index < -0.39 is 0 Å². The maximum atomic E-state index is 9.57. The number of piperidine rings is 1. The first-order chi connectivity index (χ1) is 7.59. The van der Waals surface area contributed by atoms with E-state index in [1.54, 1.807) is 0 Å². The van der Waals surface area contributed by atoms with Gasteiger partial charge in [-0.1, -0.05) is 6.92 Å². The first kappa shape index (κ1) is 15.2. The van der Waals surface area contributed by atoms with Crippen molar-refractivity contribution in [1.82, 2.24) is 10.2 Å². The van der Waals surface area contributed by atoms with E-state index in [1.165, 1.54) is 52.0 Å². The summed E-state index contributed by atoms with van der Waals surface area (Å²) in [5, 5.41) is 13.0. The zero-order valence-corrected chi connectivity index (χ0v) is 11.9. The van der Waals surface area contributed by atoms with Gasteiger partial charge >= 0.3 is 0 Å². The fourth-order valence-corrected chi connectivity index (χ4v) is 3.14. The zero-order valence-electron chi connectivity index (χ0n) is 11.1. The Hall–Kier alpha value is 0.170. The van der Waals surface area contributed by atoms with E-state index >= 15 is 0 Å². The first-order valence-electron chi connectivity index (χ1n) is 6.70. The lowest BCUT2D eigenvalue weighted by Gasteiger charge is -2.37. The quantitative estimate of drug-likeness (QED) is 0.809. The van der Waals surface area contributed by atoms with Gasteiger partial charge in [0, 0.05) is 13.1 Å². The van der Waals surface area contributed by atoms with Crippen LogP contribution in [0.15, 0.2) is 0 Å². The van der Waals surface area contributed by atoms with E-state index in [2.05, 4.69) is 17.1 Å². The predicted octanol–water partition coefficient (Wildman–Crippen LogP) is 1.50. The average molecular weight is 263 g/mol. The molecule has 0 saturated carbocycles. The molecule has 0 aromatic rings. The fourth-order valence-electron chi connectivity index (χ4n) is 3.14. The van der Waals surface area contributed by atoms with E-state index in [0.717, 1.165) is 0 Å². The van der Waals surface area contributed by atoms with Gasteiger partial charge in [0.2, 0.25) is 0 Å². The highest BCUT2D eigenvalue weighted by Crippen LogP contribution is 2.28. The molecule has 2 N–H and O–H groups in total. The van der Waals surface area contributed by atoms with Crippen LogP contribution in [0.2, 0.25) is 0 Å². The van der Waals surface area contributed by atoms with Gasteiger partial charge < -0.3 is 15.3 Å². The highest BCUT2D eigenvalue weighted by atomic mass is 35.5. The van der Waals surface area contributed by atoms with Crippen molar-refractivity contribution < 1.29 is 5.11 Å². The summed E-state index contributed by atoms with van der Waals surface area (Å²) in [7, 11) is 0. The highest BCUT2D eigenvalue weighted by molar-refractivity contribution is 5.85. The molecule has 0 radical (unpaired) electrons. The molecule has 2 aliphatic rings. The molecule has 2 saturated heterocycles. The highest BCUT2D eigenvalue weighted by Gasteiger charge is 2.32. The summed E-state index contributed by atoms with van der Waals surface area (Å²) in [6.07, 6.45) is 3.52. The molecule has 0 spiro atoms. The van der Waals surface area contributed by atoms with Gasteiger partial charge in [0.15, 0.2) is 0 Å². The molecule has 2 unspecified atom stereocenters. The molecule has 0 amide bonds. The van der Waals surface area contributed by atoms with Crippen molar-refractivity contribution in [2.24, 2.45) is 11.3 Å². The van der Waals surface area contributed by atoms with Crippen LogP contribution in [-0.4, -0.2) is 48.8 Å². The molecule has 0 aromatic carbocycles. The smallest absolute Gasteiger partial charge is 0.0541 e. The van der Waals surface area contributed by atoms with Crippen molar-refractivity contribution in [2.75, 3.05) is 32.7 Å². The molecule has 0 aromatic heterocycles. The summed E-state index contributed by atoms with van der Waals surface area (Å²) >= 11 is 0. The summed E-state index contributed by atoms with van der Waals surface area (Å²) in [6, 6.07) is 0. The van der Waals surface area contributed by atoms with Gasteiger partial charge in [-0.15, -0.1) is 12.4 Å². The molecular weight excluding hydrogens is 236 g/mol. The first-order valence-corrected chi connectivity index (χ1v) is 6.70. The SMILES string of the molecule is CC(O)C1CCN(CC2(C)CCNC2)CC1.Cl. The maximum absolute atomic E-state index is 9.57. The van der Waals surface area contributed by atoms with Crippen molar-refractivity contribution in [2.45, 2.75) is 39.2 Å². The van der Waals surface area contributed by atoms with Crippen LogP contribution in [0.5, 0.6) is 0 Å². The van der Waals surface area contributed by atoms with Gasteiger partial charge in [0.1, 0.15) is 0 Å². The Balaban J connectivity index is 0.00000144. The molecule has 2 fully saturated rings. The number of halogens is 1. The minimum Gasteiger partial charge on any atom is -0.393 e. The zero-order chi connectivity index (χ0) is 11.6. The minimum absolute atomic E-state index is 0. The molecule has 2 atom stereocenters. The van der Waals surface area contributed by atoms with Crippen molar-refractivity contribution in [1.29, 1.82) is 0 Å². The minimum atomic E-state index is -0.120. The molecule has 102 valence electrons. The predicted molar refractivity (Wildman–Crippen MR) is 73.7 cm³/mol. The Bertz CT molecular complexity index is 221. The summed E-state index contributed by atoms with van der Waals surface area (Å²) in [5.41, 5.74) is 0.484. The molecule has 4 heteroatoms. The van der Waals surface area contributed by atoms with Crippen molar-refractivity contribution in [3.05, 3.63) is 0 Å². The van der Waals surface area contributed by atoms with Crippen molar-refractivity contribution in [3.63, 3.8) is 0 Å². The monoisotopic (exact) mass is 262 g/mol. The molecule has 3 nitrogen and oxygen atoms in total. The van der Waals surface area contributed by atoms with E-state index in [-0.39, 0.29) is 18.5 Å². The van der Waals surface area contributed by atoms with Crippen LogP contribution in [0.1, 0.15) is 33.1 Å². The van der Waals surface area contributed by atoms with Gasteiger partial charge in [0.25, 0.3) is 0 Å². The van der Waals surface area contributed by atoms with Crippen LogP contribution in [0.3, 0.4) is 0 Å². The van der Waals surface area contributed by atoms with Crippen LogP contribution in [0.25, 0.3) is 0 Å². The fraction of sp³-hybridized carbons (Fsp3) is 1.00.